The van der Waals surface area contributed by atoms with Gasteiger partial charge in [-0.25, -0.2) is 0 Å². The van der Waals surface area contributed by atoms with E-state index in [4.69, 9.17) is 0 Å². The summed E-state index contributed by atoms with van der Waals surface area (Å²) in [6.45, 7) is 4.40. The molecule has 0 unspecified atom stereocenters. The highest BCUT2D eigenvalue weighted by molar-refractivity contribution is 5.04. The largest absolute Gasteiger partial charge is 0.103 e. The Balaban J connectivity index is 3.13. The Morgan fingerprint density at radius 2 is 1.64 bits per heavy atom. The maximum Gasteiger partial charge on any atom is 0.0269 e. The third-order valence-corrected chi connectivity index (χ3v) is 2.15. The summed E-state index contributed by atoms with van der Waals surface area (Å²) < 4.78 is 0. The first-order valence-corrected chi connectivity index (χ1v) is 6.02. The van der Waals surface area contributed by atoms with Crippen LogP contribution in [0.25, 0.3) is 0 Å². The van der Waals surface area contributed by atoms with Gasteiger partial charge in [0, 0.05) is 12.8 Å². The number of allylic oxidation sites excluding steroid dienone is 2. The van der Waals surface area contributed by atoms with Gasteiger partial charge in [0.05, 0.1) is 0 Å². The van der Waals surface area contributed by atoms with Crippen molar-refractivity contribution < 1.29 is 0 Å². The van der Waals surface area contributed by atoms with Gasteiger partial charge in [0.2, 0.25) is 0 Å². The molecule has 0 amide bonds. The molecule has 0 nitrogen and oxygen atoms in total. The zero-order chi connectivity index (χ0) is 10.5. The molecule has 0 heteroatoms. The molecule has 0 fully saturated rings. The van der Waals surface area contributed by atoms with Crippen LogP contribution in [0.4, 0.5) is 0 Å². The predicted molar refractivity (Wildman–Crippen MR) is 65.2 cm³/mol. The summed E-state index contributed by atoms with van der Waals surface area (Å²) in [6, 6.07) is 0. The quantitative estimate of drug-likeness (QED) is 0.311. The number of hydrogen-bond donors (Lipinski definition) is 0. The minimum Gasteiger partial charge on any atom is -0.103 e. The molecule has 0 spiro atoms. The van der Waals surface area contributed by atoms with Crippen LogP contribution in [0.2, 0.25) is 0 Å². The molecular weight excluding hydrogens is 168 g/mol. The van der Waals surface area contributed by atoms with Crippen molar-refractivity contribution in [2.24, 2.45) is 0 Å². The van der Waals surface area contributed by atoms with E-state index in [1.165, 1.54) is 32.1 Å². The Kier molecular flexibility index (Phi) is 11.7. The summed E-state index contributed by atoms with van der Waals surface area (Å²) >= 11 is 0. The van der Waals surface area contributed by atoms with Gasteiger partial charge in [-0.2, -0.15) is 0 Å². The Morgan fingerprint density at radius 3 is 2.36 bits per heavy atom. The fourth-order valence-corrected chi connectivity index (χ4v) is 1.29. The molecule has 14 heavy (non-hydrogen) atoms. The average Bonchev–Trinajstić information content (AvgIpc) is 2.21. The fourth-order valence-electron chi connectivity index (χ4n) is 1.29. The lowest BCUT2D eigenvalue weighted by Gasteiger charge is -1.94. The predicted octanol–water partition coefficient (Wildman–Crippen LogP) is 4.71. The van der Waals surface area contributed by atoms with Gasteiger partial charge in [-0.15, -0.1) is 5.92 Å². The molecule has 0 heterocycles. The van der Waals surface area contributed by atoms with Crippen molar-refractivity contribution >= 4 is 0 Å². The molecule has 0 N–H and O–H groups in total. The SMILES string of the molecule is CCC=CCC#CCCCCCCC. The molecule has 0 aromatic rings. The van der Waals surface area contributed by atoms with Crippen molar-refractivity contribution in [2.75, 3.05) is 0 Å². The molecule has 0 aliphatic carbocycles. The monoisotopic (exact) mass is 192 g/mol. The summed E-state index contributed by atoms with van der Waals surface area (Å²) in [5.41, 5.74) is 0. The Morgan fingerprint density at radius 1 is 0.857 bits per heavy atom. The molecule has 0 aromatic heterocycles. The summed E-state index contributed by atoms with van der Waals surface area (Å²) in [5.74, 6) is 6.39. The van der Waals surface area contributed by atoms with Crippen LogP contribution in [0.3, 0.4) is 0 Å². The lowest BCUT2D eigenvalue weighted by atomic mass is 10.1. The standard InChI is InChI=1S/C14H24/c1-3-5-7-9-11-13-14-12-10-8-6-4-2/h5,7H,3-4,6,8-10,12,14H2,1-2H3. The van der Waals surface area contributed by atoms with Crippen molar-refractivity contribution in [3.8, 4) is 11.8 Å². The smallest absolute Gasteiger partial charge is 0.0269 e. The van der Waals surface area contributed by atoms with E-state index in [1.807, 2.05) is 0 Å². The highest BCUT2D eigenvalue weighted by atomic mass is 13.9. The molecule has 0 saturated carbocycles. The molecule has 0 aliphatic rings. The Bertz CT molecular complexity index is 178. The number of rotatable bonds is 7. The molecule has 0 aromatic carbocycles. The number of unbranched alkanes of at least 4 members (excludes halogenated alkanes) is 5. The van der Waals surface area contributed by atoms with Gasteiger partial charge in [0.15, 0.2) is 0 Å². The Labute approximate surface area is 89.8 Å². The van der Waals surface area contributed by atoms with Gasteiger partial charge in [-0.3, -0.25) is 0 Å². The molecule has 0 aliphatic heterocycles. The van der Waals surface area contributed by atoms with Crippen LogP contribution < -0.4 is 0 Å². The van der Waals surface area contributed by atoms with Crippen LogP contribution in [-0.2, 0) is 0 Å². The van der Waals surface area contributed by atoms with Crippen LogP contribution in [-0.4, -0.2) is 0 Å². The highest BCUT2D eigenvalue weighted by Gasteiger charge is 1.85. The van der Waals surface area contributed by atoms with E-state index >= 15 is 0 Å². The van der Waals surface area contributed by atoms with Crippen LogP contribution in [0.1, 0.15) is 65.2 Å². The molecule has 0 radical (unpaired) electrons. The second-order valence-corrected chi connectivity index (χ2v) is 3.60. The summed E-state index contributed by atoms with van der Waals surface area (Å²) in [5, 5.41) is 0. The van der Waals surface area contributed by atoms with E-state index < -0.39 is 0 Å². The zero-order valence-corrected chi connectivity index (χ0v) is 9.81. The summed E-state index contributed by atoms with van der Waals surface area (Å²) in [6.07, 6.45) is 14.2. The summed E-state index contributed by atoms with van der Waals surface area (Å²) in [7, 11) is 0. The lowest BCUT2D eigenvalue weighted by Crippen LogP contribution is -1.76. The lowest BCUT2D eigenvalue weighted by molar-refractivity contribution is 0.641. The van der Waals surface area contributed by atoms with E-state index in [1.54, 1.807) is 0 Å². The van der Waals surface area contributed by atoms with Crippen molar-refractivity contribution in [1.82, 2.24) is 0 Å². The second-order valence-electron chi connectivity index (χ2n) is 3.60. The number of hydrogen-bond acceptors (Lipinski definition) is 0. The molecule has 0 atom stereocenters. The molecular formula is C14H24. The Hall–Kier alpha value is -0.700. The van der Waals surface area contributed by atoms with Crippen LogP contribution in [0.15, 0.2) is 12.2 Å². The second kappa shape index (κ2) is 12.3. The van der Waals surface area contributed by atoms with Crippen molar-refractivity contribution in [2.45, 2.75) is 65.2 Å². The minimum absolute atomic E-state index is 0.933. The van der Waals surface area contributed by atoms with E-state index in [-0.39, 0.29) is 0 Å². The first kappa shape index (κ1) is 13.3. The maximum atomic E-state index is 3.22. The van der Waals surface area contributed by atoms with Crippen LogP contribution >= 0.6 is 0 Å². The van der Waals surface area contributed by atoms with Gasteiger partial charge >= 0.3 is 0 Å². The van der Waals surface area contributed by atoms with E-state index in [9.17, 15) is 0 Å². The normalized spacial score (nSPS) is 10.1. The molecule has 0 rings (SSSR count). The average molecular weight is 192 g/mol. The molecule has 80 valence electrons. The van der Waals surface area contributed by atoms with Gasteiger partial charge in [0.1, 0.15) is 0 Å². The van der Waals surface area contributed by atoms with Gasteiger partial charge < -0.3 is 0 Å². The summed E-state index contributed by atoms with van der Waals surface area (Å²) in [4.78, 5) is 0. The fraction of sp³-hybridized carbons (Fsp3) is 0.714. The van der Waals surface area contributed by atoms with E-state index in [0.29, 0.717) is 0 Å². The van der Waals surface area contributed by atoms with Gasteiger partial charge in [-0.05, 0) is 12.8 Å². The highest BCUT2D eigenvalue weighted by Crippen LogP contribution is 2.03. The van der Waals surface area contributed by atoms with Crippen molar-refractivity contribution in [3.05, 3.63) is 12.2 Å². The van der Waals surface area contributed by atoms with Gasteiger partial charge in [0.25, 0.3) is 0 Å². The topological polar surface area (TPSA) is 0 Å². The van der Waals surface area contributed by atoms with Crippen LogP contribution in [0, 0.1) is 11.8 Å². The van der Waals surface area contributed by atoms with Crippen molar-refractivity contribution in [3.63, 3.8) is 0 Å². The minimum atomic E-state index is 0.933. The zero-order valence-electron chi connectivity index (χ0n) is 9.81. The third-order valence-electron chi connectivity index (χ3n) is 2.15. The third kappa shape index (κ3) is 11.3. The maximum absolute atomic E-state index is 3.22. The van der Waals surface area contributed by atoms with E-state index in [0.717, 1.165) is 19.3 Å². The first-order chi connectivity index (χ1) is 6.91. The van der Waals surface area contributed by atoms with Crippen molar-refractivity contribution in [1.29, 1.82) is 0 Å². The molecule has 0 saturated heterocycles. The van der Waals surface area contributed by atoms with Gasteiger partial charge in [-0.1, -0.05) is 57.6 Å². The first-order valence-electron chi connectivity index (χ1n) is 6.02. The van der Waals surface area contributed by atoms with Crippen LogP contribution in [0.5, 0.6) is 0 Å². The van der Waals surface area contributed by atoms with E-state index in [2.05, 4.69) is 37.8 Å². The molecule has 0 bridgehead atoms.